The van der Waals surface area contributed by atoms with Gasteiger partial charge >= 0.3 is 0 Å². The molecule has 5 aromatic rings. The highest BCUT2D eigenvalue weighted by atomic mass is 35.5. The Morgan fingerprint density at radius 1 is 0.773 bits per heavy atom. The third-order valence-corrected chi connectivity index (χ3v) is 9.98. The first-order valence-electron chi connectivity index (χ1n) is 13.6. The van der Waals surface area contributed by atoms with Gasteiger partial charge in [0, 0.05) is 68.7 Å². The number of nitro groups is 2. The van der Waals surface area contributed by atoms with E-state index in [0.29, 0.717) is 36.5 Å². The largest absolute Gasteiger partial charge is 0.301 e. The Kier molecular flexibility index (Phi) is 7.86. The molecule has 1 fully saturated rings. The molecule has 0 amide bonds. The zero-order valence-electron chi connectivity index (χ0n) is 23.1. The minimum Gasteiger partial charge on any atom is -0.301 e. The van der Waals surface area contributed by atoms with Gasteiger partial charge in [0.1, 0.15) is 10.5 Å². The van der Waals surface area contributed by atoms with E-state index in [4.69, 9.17) is 16.6 Å². The number of hydrogen-bond donors (Lipinski definition) is 0. The van der Waals surface area contributed by atoms with Crippen LogP contribution >= 0.6 is 11.6 Å². The molecule has 2 aromatic heterocycles. The van der Waals surface area contributed by atoms with E-state index in [2.05, 4.69) is 4.90 Å². The van der Waals surface area contributed by atoms with Gasteiger partial charge in [-0.1, -0.05) is 54.1 Å². The summed E-state index contributed by atoms with van der Waals surface area (Å²) in [6.07, 6.45) is 1.98. The standard InChI is InChI=1S/C30H25ClN6O6S/c31-26-11-10-25(37(40)41)18-28(26)44(42,43)34-15-13-33(14-16-34)20-27-30(22-7-4-8-24(17-22)36(38)39)32-29-12-9-23(19-35(27)29)21-5-2-1-3-6-21/h1-12,17-19H,13-16,20H2. The van der Waals surface area contributed by atoms with Crippen LogP contribution in [0.4, 0.5) is 11.4 Å². The van der Waals surface area contributed by atoms with Gasteiger partial charge in [0.05, 0.1) is 26.3 Å². The molecule has 44 heavy (non-hydrogen) atoms. The zero-order chi connectivity index (χ0) is 31.0. The molecule has 0 aliphatic carbocycles. The van der Waals surface area contributed by atoms with E-state index in [1.807, 2.05) is 53.1 Å². The van der Waals surface area contributed by atoms with Gasteiger partial charge < -0.3 is 4.40 Å². The molecule has 3 heterocycles. The van der Waals surface area contributed by atoms with E-state index >= 15 is 0 Å². The summed E-state index contributed by atoms with van der Waals surface area (Å²) in [6.45, 7) is 1.40. The first-order valence-corrected chi connectivity index (χ1v) is 15.4. The predicted molar refractivity (Wildman–Crippen MR) is 165 cm³/mol. The molecule has 0 unspecified atom stereocenters. The number of sulfonamides is 1. The second-order valence-corrected chi connectivity index (χ2v) is 12.6. The topological polar surface area (TPSA) is 144 Å². The summed E-state index contributed by atoms with van der Waals surface area (Å²) in [6, 6.07) is 23.4. The lowest BCUT2D eigenvalue weighted by molar-refractivity contribution is -0.385. The molecule has 0 N–H and O–H groups in total. The fraction of sp³-hybridized carbons (Fsp3) is 0.167. The maximum absolute atomic E-state index is 13.4. The summed E-state index contributed by atoms with van der Waals surface area (Å²) in [5.41, 5.74) is 4.24. The number of fused-ring (bicyclic) bond motifs is 1. The van der Waals surface area contributed by atoms with Crippen LogP contribution in [0.1, 0.15) is 5.69 Å². The van der Waals surface area contributed by atoms with Crippen molar-refractivity contribution in [3.05, 3.63) is 122 Å². The van der Waals surface area contributed by atoms with Crippen LogP contribution in [0, 0.1) is 20.2 Å². The molecular formula is C30H25ClN6O6S. The fourth-order valence-electron chi connectivity index (χ4n) is 5.33. The summed E-state index contributed by atoms with van der Waals surface area (Å²) in [5, 5.41) is 22.7. The average Bonchev–Trinajstić information content (AvgIpc) is 3.39. The third kappa shape index (κ3) is 5.65. The first-order chi connectivity index (χ1) is 21.1. The van der Waals surface area contributed by atoms with Gasteiger partial charge in [-0.15, -0.1) is 0 Å². The Hall–Kier alpha value is -4.69. The summed E-state index contributed by atoms with van der Waals surface area (Å²) in [4.78, 5) is 28.3. The Balaban J connectivity index is 1.32. The van der Waals surface area contributed by atoms with Crippen molar-refractivity contribution in [2.75, 3.05) is 26.2 Å². The lowest BCUT2D eigenvalue weighted by Crippen LogP contribution is -2.48. The van der Waals surface area contributed by atoms with E-state index in [-0.39, 0.29) is 34.4 Å². The van der Waals surface area contributed by atoms with E-state index in [1.54, 1.807) is 12.1 Å². The highest BCUT2D eigenvalue weighted by molar-refractivity contribution is 7.89. The summed E-state index contributed by atoms with van der Waals surface area (Å²) in [7, 11) is -4.08. The van der Waals surface area contributed by atoms with Crippen molar-refractivity contribution in [1.82, 2.24) is 18.6 Å². The van der Waals surface area contributed by atoms with Crippen LogP contribution in [0.25, 0.3) is 28.0 Å². The van der Waals surface area contributed by atoms with Crippen LogP contribution < -0.4 is 0 Å². The molecule has 0 atom stereocenters. The number of rotatable bonds is 8. The predicted octanol–water partition coefficient (Wildman–Crippen LogP) is 5.64. The SMILES string of the molecule is O=[N+]([O-])c1cccc(-c2nc3ccc(-c4ccccc4)cn3c2CN2CCN(S(=O)(=O)c3cc([N+](=O)[O-])ccc3Cl)CC2)c1. The molecule has 224 valence electrons. The second-order valence-electron chi connectivity index (χ2n) is 10.3. The van der Waals surface area contributed by atoms with Crippen molar-refractivity contribution in [2.24, 2.45) is 0 Å². The second kappa shape index (κ2) is 11.8. The maximum atomic E-state index is 13.4. The van der Waals surface area contributed by atoms with E-state index in [0.717, 1.165) is 29.0 Å². The normalized spacial score (nSPS) is 14.6. The van der Waals surface area contributed by atoms with Crippen molar-refractivity contribution in [1.29, 1.82) is 0 Å². The average molecular weight is 633 g/mol. The molecule has 14 heteroatoms. The van der Waals surface area contributed by atoms with E-state index < -0.39 is 19.9 Å². The number of imidazole rings is 1. The number of aromatic nitrogens is 2. The lowest BCUT2D eigenvalue weighted by Gasteiger charge is -2.34. The number of halogens is 1. The Morgan fingerprint density at radius 3 is 2.16 bits per heavy atom. The highest BCUT2D eigenvalue weighted by Crippen LogP contribution is 2.32. The fourth-order valence-corrected chi connectivity index (χ4v) is 7.24. The quantitative estimate of drug-likeness (QED) is 0.158. The molecule has 12 nitrogen and oxygen atoms in total. The van der Waals surface area contributed by atoms with Crippen LogP contribution in [0.3, 0.4) is 0 Å². The van der Waals surface area contributed by atoms with E-state index in [1.165, 1.54) is 22.5 Å². The molecular weight excluding hydrogens is 608 g/mol. The minimum absolute atomic E-state index is 0.0471. The monoisotopic (exact) mass is 632 g/mol. The van der Waals surface area contributed by atoms with Gasteiger partial charge in [-0.25, -0.2) is 13.4 Å². The van der Waals surface area contributed by atoms with Gasteiger partial charge in [-0.05, 0) is 29.3 Å². The number of nitrogens with zero attached hydrogens (tertiary/aromatic N) is 6. The Morgan fingerprint density at radius 2 is 1.45 bits per heavy atom. The highest BCUT2D eigenvalue weighted by Gasteiger charge is 2.32. The molecule has 0 bridgehead atoms. The van der Waals surface area contributed by atoms with Crippen molar-refractivity contribution in [2.45, 2.75) is 11.4 Å². The summed E-state index contributed by atoms with van der Waals surface area (Å²) < 4.78 is 30.1. The number of nitro benzene ring substituents is 2. The number of pyridine rings is 1. The van der Waals surface area contributed by atoms with Crippen molar-refractivity contribution < 1.29 is 18.3 Å². The maximum Gasteiger partial charge on any atom is 0.270 e. The number of benzene rings is 3. The smallest absolute Gasteiger partial charge is 0.270 e. The van der Waals surface area contributed by atoms with Crippen LogP contribution in [-0.2, 0) is 16.6 Å². The molecule has 1 aliphatic heterocycles. The number of piperazine rings is 1. The first kappa shape index (κ1) is 29.4. The molecule has 1 aliphatic rings. The van der Waals surface area contributed by atoms with Gasteiger partial charge in [0.25, 0.3) is 11.4 Å². The van der Waals surface area contributed by atoms with Crippen molar-refractivity contribution >= 4 is 38.6 Å². The van der Waals surface area contributed by atoms with Crippen molar-refractivity contribution in [3.8, 4) is 22.4 Å². The van der Waals surface area contributed by atoms with E-state index in [9.17, 15) is 28.6 Å². The van der Waals surface area contributed by atoms with Crippen LogP contribution in [0.15, 0.2) is 96.0 Å². The van der Waals surface area contributed by atoms with Crippen LogP contribution in [-0.4, -0.2) is 63.0 Å². The van der Waals surface area contributed by atoms with Gasteiger partial charge in [0.15, 0.2) is 0 Å². The minimum atomic E-state index is -4.08. The molecule has 0 spiro atoms. The number of non-ortho nitro benzene ring substituents is 2. The zero-order valence-corrected chi connectivity index (χ0v) is 24.7. The van der Waals surface area contributed by atoms with Gasteiger partial charge in [-0.2, -0.15) is 4.31 Å². The third-order valence-electron chi connectivity index (χ3n) is 7.60. The molecule has 0 saturated carbocycles. The van der Waals surface area contributed by atoms with Crippen LogP contribution in [0.5, 0.6) is 0 Å². The molecule has 6 rings (SSSR count). The Labute approximate surface area is 257 Å². The van der Waals surface area contributed by atoms with Gasteiger partial charge in [-0.3, -0.25) is 25.1 Å². The molecule has 1 saturated heterocycles. The van der Waals surface area contributed by atoms with Crippen LogP contribution in [0.2, 0.25) is 5.02 Å². The summed E-state index contributed by atoms with van der Waals surface area (Å²) in [5.74, 6) is 0. The molecule has 3 aromatic carbocycles. The lowest BCUT2D eigenvalue weighted by atomic mass is 10.1. The molecule has 0 radical (unpaired) electrons. The van der Waals surface area contributed by atoms with Gasteiger partial charge in [0.2, 0.25) is 10.0 Å². The Bertz CT molecular complexity index is 2010. The summed E-state index contributed by atoms with van der Waals surface area (Å²) >= 11 is 6.16. The number of hydrogen-bond acceptors (Lipinski definition) is 8. The van der Waals surface area contributed by atoms with Crippen molar-refractivity contribution in [3.63, 3.8) is 0 Å².